The van der Waals surface area contributed by atoms with Gasteiger partial charge >= 0.3 is 5.97 Å². The molecule has 42 heavy (non-hydrogen) atoms. The Labute approximate surface area is 254 Å². The number of aliphatic carboxylic acids is 1. The van der Waals surface area contributed by atoms with Crippen LogP contribution in [0.2, 0.25) is 10.0 Å². The van der Waals surface area contributed by atoms with Crippen molar-refractivity contribution in [3.63, 3.8) is 0 Å². The molecular formula is C29H32Cl2N4O6S. The number of carbonyl (C=O) groups is 1. The van der Waals surface area contributed by atoms with Crippen molar-refractivity contribution in [3.8, 4) is 11.8 Å². The van der Waals surface area contributed by atoms with E-state index in [1.165, 1.54) is 0 Å². The third-order valence-corrected chi connectivity index (χ3v) is 8.66. The fourth-order valence-corrected chi connectivity index (χ4v) is 5.28. The summed E-state index contributed by atoms with van der Waals surface area (Å²) in [7, 11) is -3.17. The Morgan fingerprint density at radius 3 is 2.48 bits per heavy atom. The van der Waals surface area contributed by atoms with E-state index in [1.807, 2.05) is 36.4 Å². The Morgan fingerprint density at radius 1 is 0.976 bits per heavy atom. The maximum Gasteiger partial charge on any atom is 0.308 e. The van der Waals surface area contributed by atoms with E-state index in [4.69, 9.17) is 32.7 Å². The first-order valence-electron chi connectivity index (χ1n) is 13.4. The molecule has 1 N–H and O–H groups in total. The first-order valence-corrected chi connectivity index (χ1v) is 16.0. The van der Waals surface area contributed by atoms with Crippen LogP contribution in [-0.2, 0) is 40.6 Å². The lowest BCUT2D eigenvalue weighted by molar-refractivity contribution is -0.136. The Hall–Kier alpha value is -3.54. The Bertz CT molecular complexity index is 1610. The lowest BCUT2D eigenvalue weighted by Gasteiger charge is -2.10. The molecular weight excluding hydrogens is 603 g/mol. The lowest BCUT2D eigenvalue weighted by atomic mass is 10.2. The highest BCUT2D eigenvalue weighted by molar-refractivity contribution is 7.91. The minimum Gasteiger partial charge on any atom is -0.481 e. The van der Waals surface area contributed by atoms with Gasteiger partial charge in [-0.3, -0.25) is 14.2 Å². The smallest absolute Gasteiger partial charge is 0.308 e. The molecule has 0 amide bonds. The third kappa shape index (κ3) is 9.23. The quantitative estimate of drug-likeness (QED) is 0.172. The van der Waals surface area contributed by atoms with Gasteiger partial charge in [0.15, 0.2) is 9.84 Å². The summed E-state index contributed by atoms with van der Waals surface area (Å²) >= 11 is 12.4. The van der Waals surface area contributed by atoms with Crippen molar-refractivity contribution in [2.24, 2.45) is 0 Å². The van der Waals surface area contributed by atoms with Crippen molar-refractivity contribution in [3.05, 3.63) is 93.2 Å². The highest BCUT2D eigenvalue weighted by Gasteiger charge is 2.16. The van der Waals surface area contributed by atoms with Gasteiger partial charge < -0.3 is 14.6 Å². The van der Waals surface area contributed by atoms with Crippen LogP contribution in [0.15, 0.2) is 60.8 Å². The summed E-state index contributed by atoms with van der Waals surface area (Å²) < 4.78 is 38.7. The van der Waals surface area contributed by atoms with Crippen LogP contribution in [-0.4, -0.2) is 63.8 Å². The molecule has 224 valence electrons. The summed E-state index contributed by atoms with van der Waals surface area (Å²) in [5, 5.41) is 19.4. The number of aromatic nitrogens is 4. The monoisotopic (exact) mass is 634 g/mol. The van der Waals surface area contributed by atoms with E-state index < -0.39 is 15.8 Å². The first-order chi connectivity index (χ1) is 20.1. The number of rotatable bonds is 16. The molecule has 0 aliphatic rings. The molecule has 0 bridgehead atoms. The first kappa shape index (κ1) is 31.4. The molecule has 4 rings (SSSR count). The maximum absolute atomic E-state index is 11.9. The molecule has 2 aromatic heterocycles. The number of nitrogens with zero attached hydrogens (tertiary/aromatic N) is 4. The number of carboxylic acid groups (broad SMARTS) is 1. The average molecular weight is 636 g/mol. The van der Waals surface area contributed by atoms with Gasteiger partial charge in [-0.15, -0.1) is 10.2 Å². The molecule has 0 atom stereocenters. The number of hydrogen-bond acceptors (Lipinski definition) is 7. The number of sulfone groups is 1. The van der Waals surface area contributed by atoms with Crippen molar-refractivity contribution in [1.82, 2.24) is 19.6 Å². The van der Waals surface area contributed by atoms with Crippen LogP contribution in [0.5, 0.6) is 11.8 Å². The summed E-state index contributed by atoms with van der Waals surface area (Å²) in [5.41, 5.74) is 3.17. The number of aryl methyl sites for hydroxylation is 1. The van der Waals surface area contributed by atoms with Gasteiger partial charge in [-0.25, -0.2) is 8.42 Å². The summed E-state index contributed by atoms with van der Waals surface area (Å²) in [6.07, 6.45) is 2.62. The molecule has 0 radical (unpaired) electrons. The number of ether oxygens (including phenoxy) is 2. The van der Waals surface area contributed by atoms with Gasteiger partial charge in [-0.2, -0.15) is 0 Å². The van der Waals surface area contributed by atoms with Crippen LogP contribution in [0.25, 0.3) is 0 Å². The lowest BCUT2D eigenvalue weighted by Crippen LogP contribution is -2.15. The Balaban J connectivity index is 1.43. The van der Waals surface area contributed by atoms with Gasteiger partial charge in [0.1, 0.15) is 6.61 Å². The standard InChI is InChI=1S/C29H32Cl2N4O6S/c1-2-42(38,39)14-13-40-27-17-25(35(32-27)20-22-10-11-24(30)16-26(22)31)9-6-12-41-29-23(15-28(36)37)19-34(33-29)18-21-7-4-3-5-8-21/h3-5,7-8,10-11,16-17,19H,2,6,9,12-15,18,20H2,1H3,(H,36,37). The van der Waals surface area contributed by atoms with E-state index in [9.17, 15) is 18.3 Å². The molecule has 4 aromatic rings. The number of benzene rings is 2. The molecule has 2 heterocycles. The maximum atomic E-state index is 11.9. The number of halogens is 2. The van der Waals surface area contributed by atoms with Crippen LogP contribution in [0.4, 0.5) is 0 Å². The van der Waals surface area contributed by atoms with Gasteiger partial charge in [0.05, 0.1) is 31.9 Å². The van der Waals surface area contributed by atoms with E-state index in [-0.39, 0.29) is 37.0 Å². The minimum atomic E-state index is -3.17. The second-order valence-corrected chi connectivity index (χ2v) is 12.9. The average Bonchev–Trinajstić information content (AvgIpc) is 3.50. The van der Waals surface area contributed by atoms with Gasteiger partial charge in [0, 0.05) is 39.3 Å². The molecule has 0 saturated carbocycles. The second kappa shape index (κ2) is 14.6. The van der Waals surface area contributed by atoms with E-state index in [0.717, 1.165) is 16.8 Å². The molecule has 10 nitrogen and oxygen atoms in total. The van der Waals surface area contributed by atoms with Crippen LogP contribution < -0.4 is 9.47 Å². The van der Waals surface area contributed by atoms with Crippen molar-refractivity contribution in [1.29, 1.82) is 0 Å². The molecule has 0 fully saturated rings. The van der Waals surface area contributed by atoms with Crippen LogP contribution in [0.1, 0.15) is 35.7 Å². The van der Waals surface area contributed by atoms with Crippen molar-refractivity contribution in [2.45, 2.75) is 39.3 Å². The summed E-state index contributed by atoms with van der Waals surface area (Å²) in [6, 6.07) is 16.7. The molecule has 0 spiro atoms. The molecule has 13 heteroatoms. The van der Waals surface area contributed by atoms with Gasteiger partial charge in [0.2, 0.25) is 11.8 Å². The third-order valence-electron chi connectivity index (χ3n) is 6.40. The van der Waals surface area contributed by atoms with E-state index in [2.05, 4.69) is 10.2 Å². The summed E-state index contributed by atoms with van der Waals surface area (Å²) in [5.74, 6) is -0.424. The number of carboxylic acids is 1. The molecule has 0 saturated heterocycles. The zero-order chi connectivity index (χ0) is 30.1. The zero-order valence-corrected chi connectivity index (χ0v) is 25.4. The fourth-order valence-electron chi connectivity index (χ4n) is 4.19. The fraction of sp³-hybridized carbons (Fsp3) is 0.345. The van der Waals surface area contributed by atoms with Crippen LogP contribution in [0.3, 0.4) is 0 Å². The van der Waals surface area contributed by atoms with E-state index in [0.29, 0.717) is 47.4 Å². The summed E-state index contributed by atoms with van der Waals surface area (Å²) in [4.78, 5) is 11.4. The van der Waals surface area contributed by atoms with Gasteiger partial charge in [-0.05, 0) is 36.1 Å². The van der Waals surface area contributed by atoms with Gasteiger partial charge in [0.25, 0.3) is 0 Å². The van der Waals surface area contributed by atoms with Crippen molar-refractivity contribution >= 4 is 39.0 Å². The normalized spacial score (nSPS) is 11.5. The highest BCUT2D eigenvalue weighted by atomic mass is 35.5. The largest absolute Gasteiger partial charge is 0.481 e. The SMILES string of the molecule is CCS(=O)(=O)CCOc1cc(CCCOc2nn(Cc3ccccc3)cc2CC(=O)O)n(Cc2ccc(Cl)cc2Cl)n1. The van der Waals surface area contributed by atoms with Crippen LogP contribution >= 0.6 is 23.2 Å². The summed E-state index contributed by atoms with van der Waals surface area (Å²) in [6.45, 7) is 2.72. The Morgan fingerprint density at radius 2 is 1.76 bits per heavy atom. The van der Waals surface area contributed by atoms with Crippen LogP contribution in [0, 0.1) is 0 Å². The van der Waals surface area contributed by atoms with Crippen molar-refractivity contribution in [2.75, 3.05) is 24.7 Å². The minimum absolute atomic E-state index is 0.00453. The molecule has 0 aliphatic carbocycles. The predicted octanol–water partition coefficient (Wildman–Crippen LogP) is 4.94. The Kier molecular flexibility index (Phi) is 10.9. The van der Waals surface area contributed by atoms with Crippen molar-refractivity contribution < 1.29 is 27.8 Å². The second-order valence-electron chi connectivity index (χ2n) is 9.62. The molecule has 2 aromatic carbocycles. The highest BCUT2D eigenvalue weighted by Crippen LogP contribution is 2.24. The molecule has 0 aliphatic heterocycles. The van der Waals surface area contributed by atoms with Gasteiger partial charge in [-0.1, -0.05) is 66.5 Å². The zero-order valence-electron chi connectivity index (χ0n) is 23.1. The van der Waals surface area contributed by atoms with E-state index in [1.54, 1.807) is 40.7 Å². The van der Waals surface area contributed by atoms with E-state index >= 15 is 0 Å². The topological polar surface area (TPSA) is 126 Å². The number of hydrogen-bond donors (Lipinski definition) is 1. The predicted molar refractivity (Wildman–Crippen MR) is 161 cm³/mol. The molecule has 0 unspecified atom stereocenters.